The van der Waals surface area contributed by atoms with Crippen LogP contribution in [0.1, 0.15) is 73.1 Å². The number of hydrogen-bond donors (Lipinski definition) is 0. The van der Waals surface area contributed by atoms with E-state index in [0.29, 0.717) is 10.8 Å². The molecule has 0 spiro atoms. The van der Waals surface area contributed by atoms with Gasteiger partial charge < -0.3 is 0 Å². The normalized spacial score (nSPS) is 49.9. The van der Waals surface area contributed by atoms with Crippen molar-refractivity contribution < 1.29 is 0 Å². The van der Waals surface area contributed by atoms with Gasteiger partial charge in [-0.25, -0.2) is 0 Å². The van der Waals surface area contributed by atoms with Gasteiger partial charge in [0, 0.05) is 0 Å². The van der Waals surface area contributed by atoms with Crippen molar-refractivity contribution in [3.8, 4) is 0 Å². The fourth-order valence-corrected chi connectivity index (χ4v) is 5.92. The second kappa shape index (κ2) is 5.00. The fraction of sp³-hybridized carbons (Fsp3) is 0.810. The highest BCUT2D eigenvalue weighted by Crippen LogP contribution is 2.62. The van der Waals surface area contributed by atoms with Crippen molar-refractivity contribution in [1.82, 2.24) is 0 Å². The Morgan fingerprint density at radius 3 is 2.57 bits per heavy atom. The van der Waals surface area contributed by atoms with Crippen LogP contribution in [0.3, 0.4) is 0 Å². The van der Waals surface area contributed by atoms with Crippen molar-refractivity contribution in [2.45, 2.75) is 73.1 Å². The van der Waals surface area contributed by atoms with E-state index >= 15 is 0 Å². The highest BCUT2D eigenvalue weighted by Gasteiger charge is 2.53. The summed E-state index contributed by atoms with van der Waals surface area (Å²) < 4.78 is 0. The molecule has 2 fully saturated rings. The molecule has 0 saturated heterocycles. The van der Waals surface area contributed by atoms with Crippen LogP contribution >= 0.6 is 0 Å². The first-order chi connectivity index (χ1) is 9.79. The predicted octanol–water partition coefficient (Wildman–Crippen LogP) is 6.39. The lowest BCUT2D eigenvalue weighted by atomic mass is 9.46. The maximum absolute atomic E-state index is 4.33. The summed E-state index contributed by atoms with van der Waals surface area (Å²) in [4.78, 5) is 0. The average molecular weight is 287 g/mol. The van der Waals surface area contributed by atoms with Crippen LogP contribution < -0.4 is 0 Å². The van der Waals surface area contributed by atoms with E-state index in [0.717, 1.165) is 23.7 Å². The monoisotopic (exact) mass is 286 g/mol. The second-order valence-electron chi connectivity index (χ2n) is 9.03. The Balaban J connectivity index is 1.92. The van der Waals surface area contributed by atoms with E-state index in [2.05, 4.69) is 47.3 Å². The molecule has 0 nitrogen and oxygen atoms in total. The lowest BCUT2D eigenvalue weighted by Crippen LogP contribution is -2.49. The number of rotatable bonds is 1. The topological polar surface area (TPSA) is 0 Å². The summed E-state index contributed by atoms with van der Waals surface area (Å²) in [6, 6.07) is 0. The van der Waals surface area contributed by atoms with Crippen molar-refractivity contribution in [3.05, 3.63) is 23.8 Å². The Bertz CT molecular complexity index is 470. The van der Waals surface area contributed by atoms with Crippen molar-refractivity contribution in [1.29, 1.82) is 0 Å². The third-order valence-electron chi connectivity index (χ3n) is 8.03. The molecule has 6 atom stereocenters. The zero-order chi connectivity index (χ0) is 15.4. The van der Waals surface area contributed by atoms with Gasteiger partial charge in [-0.2, -0.15) is 0 Å². The van der Waals surface area contributed by atoms with Crippen LogP contribution in [0.25, 0.3) is 0 Å². The van der Waals surface area contributed by atoms with E-state index in [1.54, 1.807) is 0 Å². The molecule has 2 saturated carbocycles. The summed E-state index contributed by atoms with van der Waals surface area (Å²) in [7, 11) is 0. The van der Waals surface area contributed by atoms with Crippen LogP contribution in [-0.4, -0.2) is 0 Å². The molecule has 0 heterocycles. The molecule has 0 bridgehead atoms. The number of allylic oxidation sites excluding steroid dienone is 3. The van der Waals surface area contributed by atoms with Crippen molar-refractivity contribution in [3.63, 3.8) is 0 Å². The molecular weight excluding hydrogens is 252 g/mol. The Labute approximate surface area is 132 Å². The SMILES string of the molecule is C=C(C)C1(C)CCC2C(CC=C3CC(C)CCC32C)C1C. The minimum absolute atomic E-state index is 0.366. The van der Waals surface area contributed by atoms with E-state index in [1.165, 1.54) is 44.1 Å². The maximum Gasteiger partial charge on any atom is -0.00851 e. The van der Waals surface area contributed by atoms with Crippen LogP contribution in [0, 0.1) is 34.5 Å². The molecule has 3 aliphatic rings. The standard InChI is InChI=1S/C21H34/c1-14(2)20(5)12-10-19-18(16(20)4)8-7-17-13-15(3)9-11-21(17,19)6/h7,15-16,18-19H,1,8-13H2,2-6H3. The molecule has 0 aromatic heterocycles. The van der Waals surface area contributed by atoms with E-state index < -0.39 is 0 Å². The fourth-order valence-electron chi connectivity index (χ4n) is 5.92. The minimum Gasteiger partial charge on any atom is -0.0996 e. The predicted molar refractivity (Wildman–Crippen MR) is 92.1 cm³/mol. The molecule has 3 rings (SSSR count). The molecule has 0 heteroatoms. The quantitative estimate of drug-likeness (QED) is 0.490. The van der Waals surface area contributed by atoms with Crippen molar-refractivity contribution in [2.24, 2.45) is 34.5 Å². The summed E-state index contributed by atoms with van der Waals surface area (Å²) in [5.74, 6) is 3.49. The molecule has 118 valence electrons. The Morgan fingerprint density at radius 1 is 1.19 bits per heavy atom. The van der Waals surface area contributed by atoms with Crippen LogP contribution in [0.15, 0.2) is 23.8 Å². The summed E-state index contributed by atoms with van der Waals surface area (Å²) in [5, 5.41) is 0. The molecule has 0 amide bonds. The zero-order valence-corrected chi connectivity index (χ0v) is 14.8. The van der Waals surface area contributed by atoms with Crippen LogP contribution in [0.2, 0.25) is 0 Å². The summed E-state index contributed by atoms with van der Waals surface area (Å²) in [6.07, 6.45) is 11.0. The zero-order valence-electron chi connectivity index (χ0n) is 14.8. The van der Waals surface area contributed by atoms with Gasteiger partial charge in [0.15, 0.2) is 0 Å². The average Bonchev–Trinajstić information content (AvgIpc) is 2.43. The van der Waals surface area contributed by atoms with Gasteiger partial charge in [0.1, 0.15) is 0 Å². The molecule has 0 aliphatic heterocycles. The van der Waals surface area contributed by atoms with Gasteiger partial charge >= 0.3 is 0 Å². The minimum atomic E-state index is 0.366. The van der Waals surface area contributed by atoms with Crippen LogP contribution in [0.5, 0.6) is 0 Å². The van der Waals surface area contributed by atoms with Crippen LogP contribution in [0.4, 0.5) is 0 Å². The Morgan fingerprint density at radius 2 is 1.90 bits per heavy atom. The van der Waals surface area contributed by atoms with Gasteiger partial charge in [-0.1, -0.05) is 51.5 Å². The molecule has 0 N–H and O–H groups in total. The first kappa shape index (κ1) is 15.4. The first-order valence-electron chi connectivity index (χ1n) is 9.14. The number of fused-ring (bicyclic) bond motifs is 3. The molecule has 3 aliphatic carbocycles. The van der Waals surface area contributed by atoms with Gasteiger partial charge in [-0.05, 0) is 80.0 Å². The summed E-state index contributed by atoms with van der Waals surface area (Å²) in [5.41, 5.74) is 4.10. The summed E-state index contributed by atoms with van der Waals surface area (Å²) >= 11 is 0. The van der Waals surface area contributed by atoms with E-state index in [-0.39, 0.29) is 0 Å². The van der Waals surface area contributed by atoms with E-state index in [4.69, 9.17) is 0 Å². The van der Waals surface area contributed by atoms with Gasteiger partial charge in [-0.3, -0.25) is 0 Å². The first-order valence-corrected chi connectivity index (χ1v) is 9.14. The second-order valence-corrected chi connectivity index (χ2v) is 9.03. The largest absolute Gasteiger partial charge is 0.0996 e. The molecule has 0 aromatic rings. The third-order valence-corrected chi connectivity index (χ3v) is 8.03. The van der Waals surface area contributed by atoms with E-state index in [1.807, 2.05) is 5.57 Å². The third kappa shape index (κ3) is 2.16. The van der Waals surface area contributed by atoms with Crippen molar-refractivity contribution in [2.75, 3.05) is 0 Å². The van der Waals surface area contributed by atoms with E-state index in [9.17, 15) is 0 Å². The number of hydrogen-bond acceptors (Lipinski definition) is 0. The lowest BCUT2D eigenvalue weighted by molar-refractivity contribution is -0.0206. The van der Waals surface area contributed by atoms with Gasteiger partial charge in [0.25, 0.3) is 0 Å². The lowest BCUT2D eigenvalue weighted by Gasteiger charge is -2.58. The van der Waals surface area contributed by atoms with Gasteiger partial charge in [0.05, 0.1) is 0 Å². The molecule has 0 radical (unpaired) electrons. The van der Waals surface area contributed by atoms with Crippen molar-refractivity contribution >= 4 is 0 Å². The molecule has 0 aromatic carbocycles. The van der Waals surface area contributed by atoms with Crippen LogP contribution in [-0.2, 0) is 0 Å². The molecule has 6 unspecified atom stereocenters. The maximum atomic E-state index is 4.33. The highest BCUT2D eigenvalue weighted by molar-refractivity contribution is 5.25. The Kier molecular flexibility index (Phi) is 3.66. The molecule has 21 heavy (non-hydrogen) atoms. The Hall–Kier alpha value is -0.520. The molecular formula is C21H34. The highest BCUT2D eigenvalue weighted by atomic mass is 14.6. The summed E-state index contributed by atoms with van der Waals surface area (Å²) in [6.45, 7) is 16.6. The van der Waals surface area contributed by atoms with Gasteiger partial charge in [-0.15, -0.1) is 0 Å². The van der Waals surface area contributed by atoms with Gasteiger partial charge in [0.2, 0.25) is 0 Å². The smallest absolute Gasteiger partial charge is 0.00851 e.